The lowest BCUT2D eigenvalue weighted by atomic mass is 9.68. The van der Waals surface area contributed by atoms with Gasteiger partial charge in [-0.05, 0) is 54.6 Å². The first-order valence-corrected chi connectivity index (χ1v) is 8.60. The second-order valence-electron chi connectivity index (χ2n) is 7.76. The molecular weight excluding hydrogens is 286 g/mol. The molecule has 1 aromatic heterocycles. The highest BCUT2D eigenvalue weighted by molar-refractivity contribution is 5.55. The molecular formula is C19H27N3O. The lowest BCUT2D eigenvalue weighted by molar-refractivity contribution is 0.169. The standard InChI is InChI=1S/C19H27N3O/c1-19(2,3)16-9-7-13(8-10-16)14-5-4-6-15(11-14)18-21-17(12-20)23-22-18/h4-6,11,13,16H,7-10,12,20H2,1-3H3. The number of rotatable bonds is 3. The molecule has 23 heavy (non-hydrogen) atoms. The monoisotopic (exact) mass is 313 g/mol. The van der Waals surface area contributed by atoms with Crippen LogP contribution in [0.25, 0.3) is 11.4 Å². The maximum Gasteiger partial charge on any atom is 0.240 e. The molecule has 1 fully saturated rings. The van der Waals surface area contributed by atoms with E-state index in [2.05, 4.69) is 49.1 Å². The van der Waals surface area contributed by atoms with E-state index in [-0.39, 0.29) is 6.54 Å². The highest BCUT2D eigenvalue weighted by atomic mass is 16.5. The van der Waals surface area contributed by atoms with Crippen molar-refractivity contribution < 1.29 is 4.52 Å². The highest BCUT2D eigenvalue weighted by Crippen LogP contribution is 2.43. The maximum absolute atomic E-state index is 5.54. The van der Waals surface area contributed by atoms with Crippen LogP contribution in [0.3, 0.4) is 0 Å². The van der Waals surface area contributed by atoms with Crippen LogP contribution in [0.1, 0.15) is 63.8 Å². The van der Waals surface area contributed by atoms with Gasteiger partial charge in [-0.3, -0.25) is 0 Å². The van der Waals surface area contributed by atoms with Crippen LogP contribution in [0.4, 0.5) is 0 Å². The quantitative estimate of drug-likeness (QED) is 0.905. The fourth-order valence-electron chi connectivity index (χ4n) is 3.68. The molecule has 0 saturated heterocycles. The Morgan fingerprint density at radius 2 is 1.91 bits per heavy atom. The largest absolute Gasteiger partial charge is 0.338 e. The third-order valence-electron chi connectivity index (χ3n) is 5.21. The first kappa shape index (κ1) is 16.2. The molecule has 1 aliphatic carbocycles. The summed E-state index contributed by atoms with van der Waals surface area (Å²) in [5.74, 6) is 2.60. The highest BCUT2D eigenvalue weighted by Gasteiger charge is 2.30. The summed E-state index contributed by atoms with van der Waals surface area (Å²) in [4.78, 5) is 4.33. The third-order valence-corrected chi connectivity index (χ3v) is 5.21. The van der Waals surface area contributed by atoms with Gasteiger partial charge in [0.2, 0.25) is 11.7 Å². The number of hydrogen-bond donors (Lipinski definition) is 1. The molecule has 1 aromatic carbocycles. The molecule has 4 heteroatoms. The number of nitrogens with two attached hydrogens (primary N) is 1. The molecule has 2 aromatic rings. The normalized spacial score (nSPS) is 22.3. The zero-order valence-corrected chi connectivity index (χ0v) is 14.4. The van der Waals surface area contributed by atoms with Crippen molar-refractivity contribution in [3.05, 3.63) is 35.7 Å². The van der Waals surface area contributed by atoms with Gasteiger partial charge in [0, 0.05) is 5.56 Å². The SMILES string of the molecule is CC(C)(C)C1CCC(c2cccc(-c3noc(CN)n3)c2)CC1. The Labute approximate surface area is 138 Å². The topological polar surface area (TPSA) is 64.9 Å². The molecule has 0 radical (unpaired) electrons. The number of hydrogen-bond acceptors (Lipinski definition) is 4. The second-order valence-corrected chi connectivity index (χ2v) is 7.76. The summed E-state index contributed by atoms with van der Waals surface area (Å²) in [6.07, 6.45) is 5.17. The molecule has 124 valence electrons. The van der Waals surface area contributed by atoms with Crippen molar-refractivity contribution in [2.75, 3.05) is 0 Å². The Morgan fingerprint density at radius 3 is 2.52 bits per heavy atom. The third kappa shape index (κ3) is 3.63. The van der Waals surface area contributed by atoms with Crippen LogP contribution in [0.5, 0.6) is 0 Å². The molecule has 0 aliphatic heterocycles. The minimum absolute atomic E-state index is 0.281. The minimum atomic E-state index is 0.281. The van der Waals surface area contributed by atoms with Crippen LogP contribution in [-0.4, -0.2) is 10.1 Å². The van der Waals surface area contributed by atoms with Crippen LogP contribution in [0.15, 0.2) is 28.8 Å². The summed E-state index contributed by atoms with van der Waals surface area (Å²) in [5.41, 5.74) is 8.38. The van der Waals surface area contributed by atoms with E-state index >= 15 is 0 Å². The maximum atomic E-state index is 5.54. The van der Waals surface area contributed by atoms with Crippen LogP contribution in [0, 0.1) is 11.3 Å². The van der Waals surface area contributed by atoms with Crippen molar-refractivity contribution >= 4 is 0 Å². The van der Waals surface area contributed by atoms with E-state index in [4.69, 9.17) is 10.3 Å². The zero-order chi connectivity index (χ0) is 16.4. The minimum Gasteiger partial charge on any atom is -0.338 e. The van der Waals surface area contributed by atoms with Crippen LogP contribution in [0.2, 0.25) is 0 Å². The van der Waals surface area contributed by atoms with Crippen LogP contribution < -0.4 is 5.73 Å². The Morgan fingerprint density at radius 1 is 1.17 bits per heavy atom. The van der Waals surface area contributed by atoms with Crippen molar-refractivity contribution in [1.82, 2.24) is 10.1 Å². The van der Waals surface area contributed by atoms with Gasteiger partial charge in [0.15, 0.2) is 0 Å². The molecule has 0 bridgehead atoms. The van der Waals surface area contributed by atoms with E-state index in [0.29, 0.717) is 23.0 Å². The molecule has 0 amide bonds. The van der Waals surface area contributed by atoms with E-state index in [1.165, 1.54) is 31.2 Å². The fraction of sp³-hybridized carbons (Fsp3) is 0.579. The van der Waals surface area contributed by atoms with Gasteiger partial charge in [0.1, 0.15) is 0 Å². The second kappa shape index (κ2) is 6.44. The predicted octanol–water partition coefficient (Wildman–Crippen LogP) is 4.52. The lowest BCUT2D eigenvalue weighted by Crippen LogP contribution is -2.25. The summed E-state index contributed by atoms with van der Waals surface area (Å²) >= 11 is 0. The van der Waals surface area contributed by atoms with E-state index in [0.717, 1.165) is 11.5 Å². The molecule has 1 saturated carbocycles. The summed E-state index contributed by atoms with van der Waals surface area (Å²) in [6.45, 7) is 7.38. The summed E-state index contributed by atoms with van der Waals surface area (Å²) in [6, 6.07) is 8.58. The van der Waals surface area contributed by atoms with Gasteiger partial charge in [-0.15, -0.1) is 0 Å². The Hall–Kier alpha value is -1.68. The molecule has 3 rings (SSSR count). The molecule has 0 spiro atoms. The molecule has 4 nitrogen and oxygen atoms in total. The Kier molecular flexibility index (Phi) is 4.53. The fourth-order valence-corrected chi connectivity index (χ4v) is 3.68. The first-order valence-electron chi connectivity index (χ1n) is 8.60. The van der Waals surface area contributed by atoms with Crippen molar-refractivity contribution in [1.29, 1.82) is 0 Å². The van der Waals surface area contributed by atoms with Crippen molar-refractivity contribution in [3.63, 3.8) is 0 Å². The van der Waals surface area contributed by atoms with Gasteiger partial charge in [-0.25, -0.2) is 0 Å². The van der Waals surface area contributed by atoms with Crippen LogP contribution in [-0.2, 0) is 6.54 Å². The number of benzene rings is 1. The summed E-state index contributed by atoms with van der Waals surface area (Å²) < 4.78 is 5.12. The number of nitrogens with zero attached hydrogens (tertiary/aromatic N) is 2. The average Bonchev–Trinajstić information content (AvgIpc) is 3.03. The van der Waals surface area contributed by atoms with E-state index in [1.807, 2.05) is 6.07 Å². The van der Waals surface area contributed by atoms with Gasteiger partial charge < -0.3 is 10.3 Å². The van der Waals surface area contributed by atoms with Gasteiger partial charge >= 0.3 is 0 Å². The smallest absolute Gasteiger partial charge is 0.240 e. The predicted molar refractivity (Wildman–Crippen MR) is 91.8 cm³/mol. The van der Waals surface area contributed by atoms with Gasteiger partial charge in [0.05, 0.1) is 6.54 Å². The lowest BCUT2D eigenvalue weighted by Gasteiger charge is -2.37. The Balaban J connectivity index is 1.73. The zero-order valence-electron chi connectivity index (χ0n) is 14.4. The molecule has 1 heterocycles. The van der Waals surface area contributed by atoms with Crippen LogP contribution >= 0.6 is 0 Å². The molecule has 0 unspecified atom stereocenters. The average molecular weight is 313 g/mol. The van der Waals surface area contributed by atoms with Crippen molar-refractivity contribution in [2.24, 2.45) is 17.1 Å². The summed E-state index contributed by atoms with van der Waals surface area (Å²) in [7, 11) is 0. The van der Waals surface area contributed by atoms with E-state index < -0.39 is 0 Å². The molecule has 1 aliphatic rings. The molecule has 2 N–H and O–H groups in total. The summed E-state index contributed by atoms with van der Waals surface area (Å²) in [5, 5.41) is 4.02. The number of aromatic nitrogens is 2. The van der Waals surface area contributed by atoms with Gasteiger partial charge in [-0.1, -0.05) is 44.1 Å². The van der Waals surface area contributed by atoms with E-state index in [1.54, 1.807) is 0 Å². The Bertz CT molecular complexity index is 649. The van der Waals surface area contributed by atoms with E-state index in [9.17, 15) is 0 Å². The van der Waals surface area contributed by atoms with Crippen molar-refractivity contribution in [2.45, 2.75) is 58.9 Å². The van der Waals surface area contributed by atoms with Crippen molar-refractivity contribution in [3.8, 4) is 11.4 Å². The first-order chi connectivity index (χ1) is 11.0. The van der Waals surface area contributed by atoms with Gasteiger partial charge in [0.25, 0.3) is 0 Å². The molecule has 0 atom stereocenters. The van der Waals surface area contributed by atoms with Gasteiger partial charge in [-0.2, -0.15) is 4.98 Å².